The van der Waals surface area contributed by atoms with Crippen molar-refractivity contribution in [3.8, 4) is 0 Å². The summed E-state index contributed by atoms with van der Waals surface area (Å²) in [5.41, 5.74) is 4.42. The molecule has 0 saturated carbocycles. The van der Waals surface area contributed by atoms with Crippen LogP contribution in [-0.2, 0) is 9.47 Å². The zero-order chi connectivity index (χ0) is 12.6. The molecule has 0 aromatic carbocycles. The topological polar surface area (TPSA) is 99.6 Å². The molecule has 8 heteroatoms. The van der Waals surface area contributed by atoms with Crippen molar-refractivity contribution in [3.05, 3.63) is 22.5 Å². The molecule has 2 atom stereocenters. The fraction of sp³-hybridized carbons (Fsp3) is 0.556. The van der Waals surface area contributed by atoms with Crippen molar-refractivity contribution >= 4 is 5.82 Å². The number of hydrogen-bond donors (Lipinski definition) is 2. The lowest BCUT2D eigenvalue weighted by Crippen LogP contribution is -2.33. The lowest BCUT2D eigenvalue weighted by Gasteiger charge is -2.20. The second-order valence-electron chi connectivity index (χ2n) is 3.84. The van der Waals surface area contributed by atoms with Crippen LogP contribution in [0.2, 0.25) is 0 Å². The highest BCUT2D eigenvalue weighted by Crippen LogP contribution is 2.28. The van der Waals surface area contributed by atoms with E-state index in [9.17, 15) is 9.18 Å². The van der Waals surface area contributed by atoms with Gasteiger partial charge in [0.2, 0.25) is 0 Å². The van der Waals surface area contributed by atoms with Crippen molar-refractivity contribution in [2.75, 3.05) is 18.9 Å². The van der Waals surface area contributed by atoms with Crippen LogP contribution in [0.15, 0.2) is 11.0 Å². The van der Waals surface area contributed by atoms with Gasteiger partial charge in [0.15, 0.2) is 23.7 Å². The highest BCUT2D eigenvalue weighted by atomic mass is 19.1. The molecule has 1 aliphatic heterocycles. The molecule has 17 heavy (non-hydrogen) atoms. The monoisotopic (exact) mass is 245 g/mol. The number of hydrogen-bond acceptors (Lipinski definition) is 6. The van der Waals surface area contributed by atoms with E-state index in [4.69, 9.17) is 20.3 Å². The molecule has 0 aliphatic carbocycles. The first-order chi connectivity index (χ1) is 7.95. The maximum Gasteiger partial charge on any atom is 0.351 e. The minimum absolute atomic E-state index is 0.0159. The van der Waals surface area contributed by atoms with Crippen LogP contribution in [0.1, 0.15) is 13.2 Å². The fourth-order valence-electron chi connectivity index (χ4n) is 1.49. The third-order valence-corrected chi connectivity index (χ3v) is 2.45. The number of aromatic nitrogens is 2. The predicted molar refractivity (Wildman–Crippen MR) is 54.4 cm³/mol. The Bertz CT molecular complexity index is 492. The molecule has 2 rings (SSSR count). The maximum atomic E-state index is 13.2. The molecule has 0 amide bonds. The van der Waals surface area contributed by atoms with Gasteiger partial charge in [-0.15, -0.1) is 0 Å². The van der Waals surface area contributed by atoms with Crippen LogP contribution < -0.4 is 11.4 Å². The smallest absolute Gasteiger partial charge is 0.351 e. The molecule has 94 valence electrons. The Morgan fingerprint density at radius 1 is 1.82 bits per heavy atom. The molecule has 1 saturated heterocycles. The van der Waals surface area contributed by atoms with E-state index >= 15 is 0 Å². The SMILES string of the molecule is C[C@]1(CO)OCC(n2cc(F)c(N)nc2=O)O1. The number of nitrogen functional groups attached to an aromatic ring is 1. The zero-order valence-corrected chi connectivity index (χ0v) is 9.09. The van der Waals surface area contributed by atoms with Gasteiger partial charge in [-0.25, -0.2) is 9.18 Å². The second kappa shape index (κ2) is 4.06. The molecule has 3 N–H and O–H groups in total. The van der Waals surface area contributed by atoms with Gasteiger partial charge in [-0.1, -0.05) is 0 Å². The molecule has 1 aliphatic rings. The second-order valence-corrected chi connectivity index (χ2v) is 3.84. The Labute approximate surface area is 95.6 Å². The molecule has 1 aromatic heterocycles. The molecule has 1 aromatic rings. The molecule has 7 nitrogen and oxygen atoms in total. The minimum Gasteiger partial charge on any atom is -0.391 e. The van der Waals surface area contributed by atoms with Crippen LogP contribution in [0.4, 0.5) is 10.2 Å². The fourth-order valence-corrected chi connectivity index (χ4v) is 1.49. The average Bonchev–Trinajstić information content (AvgIpc) is 2.67. The first-order valence-corrected chi connectivity index (χ1v) is 4.92. The van der Waals surface area contributed by atoms with Crippen molar-refractivity contribution in [3.63, 3.8) is 0 Å². The number of nitrogens with zero attached hydrogens (tertiary/aromatic N) is 2. The number of rotatable bonds is 2. The number of halogens is 1. The minimum atomic E-state index is -1.19. The van der Waals surface area contributed by atoms with Gasteiger partial charge >= 0.3 is 5.69 Å². The van der Waals surface area contributed by atoms with E-state index in [1.165, 1.54) is 6.92 Å². The normalized spacial score (nSPS) is 28.5. The molecule has 0 radical (unpaired) electrons. The van der Waals surface area contributed by atoms with E-state index in [-0.39, 0.29) is 13.2 Å². The average molecular weight is 245 g/mol. The summed E-state index contributed by atoms with van der Waals surface area (Å²) in [6, 6.07) is 0. The van der Waals surface area contributed by atoms with Gasteiger partial charge in [0.25, 0.3) is 0 Å². The summed E-state index contributed by atoms with van der Waals surface area (Å²) in [6.07, 6.45) is 0.0733. The van der Waals surface area contributed by atoms with Crippen molar-refractivity contribution < 1.29 is 19.0 Å². The summed E-state index contributed by atoms with van der Waals surface area (Å²) in [7, 11) is 0. The standard InChI is InChI=1S/C9H12FN3O4/c1-9(4-14)16-3-6(17-9)13-2-5(10)7(11)12-8(13)15/h2,6,14H,3-4H2,1H3,(H2,11,12,15)/t6?,9-/m0/s1. The van der Waals surface area contributed by atoms with E-state index in [0.717, 1.165) is 10.8 Å². The van der Waals surface area contributed by atoms with Crippen LogP contribution in [0.5, 0.6) is 0 Å². The van der Waals surface area contributed by atoms with Crippen molar-refractivity contribution in [2.24, 2.45) is 0 Å². The predicted octanol–water partition coefficient (Wildman–Crippen LogP) is -0.782. The van der Waals surface area contributed by atoms with Gasteiger partial charge in [-0.05, 0) is 6.92 Å². The van der Waals surface area contributed by atoms with Crippen molar-refractivity contribution in [1.82, 2.24) is 9.55 Å². The van der Waals surface area contributed by atoms with Crippen LogP contribution in [-0.4, -0.2) is 33.7 Å². The first kappa shape index (κ1) is 12.0. The molecular weight excluding hydrogens is 233 g/mol. The highest BCUT2D eigenvalue weighted by molar-refractivity contribution is 5.26. The van der Waals surface area contributed by atoms with E-state index in [0.29, 0.717) is 0 Å². The zero-order valence-electron chi connectivity index (χ0n) is 9.09. The number of ether oxygens (including phenoxy) is 2. The van der Waals surface area contributed by atoms with Crippen molar-refractivity contribution in [1.29, 1.82) is 0 Å². The largest absolute Gasteiger partial charge is 0.391 e. The summed E-state index contributed by atoms with van der Waals surface area (Å²) in [4.78, 5) is 14.8. The van der Waals surface area contributed by atoms with Crippen molar-refractivity contribution in [2.45, 2.75) is 18.9 Å². The van der Waals surface area contributed by atoms with Gasteiger partial charge < -0.3 is 20.3 Å². The Hall–Kier alpha value is -1.51. The molecule has 1 fully saturated rings. The van der Waals surface area contributed by atoms with Crippen LogP contribution in [0, 0.1) is 5.82 Å². The van der Waals surface area contributed by atoms with E-state index in [2.05, 4.69) is 4.98 Å². The molecular formula is C9H12FN3O4. The maximum absolute atomic E-state index is 13.2. The summed E-state index contributed by atoms with van der Waals surface area (Å²) >= 11 is 0. The van der Waals surface area contributed by atoms with E-state index < -0.39 is 29.3 Å². The third-order valence-electron chi connectivity index (χ3n) is 2.45. The highest BCUT2D eigenvalue weighted by Gasteiger charge is 2.38. The summed E-state index contributed by atoms with van der Waals surface area (Å²) in [5.74, 6) is -2.47. The lowest BCUT2D eigenvalue weighted by atomic mass is 10.4. The third kappa shape index (κ3) is 2.14. The van der Waals surface area contributed by atoms with Gasteiger partial charge in [-0.2, -0.15) is 4.98 Å². The number of nitrogens with two attached hydrogens (primary N) is 1. The molecule has 0 spiro atoms. The van der Waals surface area contributed by atoms with E-state index in [1.54, 1.807) is 0 Å². The summed E-state index contributed by atoms with van der Waals surface area (Å²) in [5, 5.41) is 9.01. The van der Waals surface area contributed by atoms with Crippen LogP contribution >= 0.6 is 0 Å². The lowest BCUT2D eigenvalue weighted by molar-refractivity contribution is -0.186. The molecule has 2 heterocycles. The number of aliphatic hydroxyl groups is 1. The van der Waals surface area contributed by atoms with Gasteiger partial charge in [-0.3, -0.25) is 4.57 Å². The summed E-state index contributed by atoms with van der Waals surface area (Å²) < 4.78 is 24.6. The Morgan fingerprint density at radius 2 is 2.53 bits per heavy atom. The first-order valence-electron chi connectivity index (χ1n) is 4.92. The summed E-state index contributed by atoms with van der Waals surface area (Å²) in [6.45, 7) is 1.16. The Balaban J connectivity index is 2.31. The quantitative estimate of drug-likeness (QED) is 0.709. The van der Waals surface area contributed by atoms with Gasteiger partial charge in [0.1, 0.15) is 0 Å². The Morgan fingerprint density at radius 3 is 3.12 bits per heavy atom. The number of anilines is 1. The van der Waals surface area contributed by atoms with Crippen LogP contribution in [0.3, 0.4) is 0 Å². The van der Waals surface area contributed by atoms with Gasteiger partial charge in [0.05, 0.1) is 19.4 Å². The van der Waals surface area contributed by atoms with Crippen LogP contribution in [0.25, 0.3) is 0 Å². The number of aliphatic hydroxyl groups excluding tert-OH is 1. The molecule has 0 bridgehead atoms. The Kier molecular flexibility index (Phi) is 2.86. The molecule has 1 unspecified atom stereocenters. The van der Waals surface area contributed by atoms with Gasteiger partial charge in [0, 0.05) is 0 Å². The van der Waals surface area contributed by atoms with E-state index in [1.807, 2.05) is 0 Å².